The molecule has 1 aromatic carbocycles. The zero-order chi connectivity index (χ0) is 8.10. The maximum atomic E-state index is 4.12. The second-order valence-electron chi connectivity index (χ2n) is 1.84. The van der Waals surface area contributed by atoms with Crippen molar-refractivity contribution in [3.8, 4) is 0 Å². The number of hydrogen-bond donors (Lipinski definition) is 2. The molecule has 0 spiro atoms. The summed E-state index contributed by atoms with van der Waals surface area (Å²) in [6.45, 7) is 0. The molecule has 0 radical (unpaired) electrons. The van der Waals surface area contributed by atoms with Crippen molar-refractivity contribution in [1.29, 1.82) is 0 Å². The Morgan fingerprint density at radius 3 is 1.92 bits per heavy atom. The molecule has 0 aliphatic carbocycles. The molecular formula is C7H7NiS4-. The van der Waals surface area contributed by atoms with E-state index in [2.05, 4.69) is 23.3 Å². The van der Waals surface area contributed by atoms with Gasteiger partial charge in [0.1, 0.15) is 0 Å². The Kier molecular flexibility index (Phi) is 8.00. The van der Waals surface area contributed by atoms with Gasteiger partial charge in [-0.3, -0.25) is 0 Å². The molecule has 0 fully saturated rings. The maximum Gasteiger partial charge on any atom is 0 e. The van der Waals surface area contributed by atoms with Gasteiger partial charge in [-0.05, 0) is 4.58 Å². The molecule has 0 amide bonds. The van der Waals surface area contributed by atoms with E-state index in [1.807, 2.05) is 30.3 Å². The van der Waals surface area contributed by atoms with Gasteiger partial charge in [0.15, 0.2) is 0 Å². The zero-order valence-corrected chi connectivity index (χ0v) is 10.3. The Labute approximate surface area is 101 Å². The second kappa shape index (κ2) is 7.39. The van der Waals surface area contributed by atoms with E-state index in [0.717, 1.165) is 4.58 Å². The number of hydrogen-bond acceptors (Lipinski definition) is 4. The Morgan fingerprint density at radius 2 is 1.50 bits per heavy atom. The summed E-state index contributed by atoms with van der Waals surface area (Å²) < 4.78 is 1.11. The number of rotatable bonds is 3. The summed E-state index contributed by atoms with van der Waals surface area (Å²) >= 11 is 8.23. The van der Waals surface area contributed by atoms with E-state index < -0.39 is 0 Å². The quantitative estimate of drug-likeness (QED) is 0.374. The molecule has 5 heteroatoms. The van der Waals surface area contributed by atoms with Crippen LogP contribution in [0, 0.1) is 4.58 Å². The Hall–Kier alpha value is 0.984. The number of thiol groups is 2. The fourth-order valence-electron chi connectivity index (χ4n) is 0.696. The SMILES string of the molecule is SS[C-](SS)c1ccccc1.[Ni]. The molecule has 0 saturated carbocycles. The fourth-order valence-corrected chi connectivity index (χ4v) is 3.15. The van der Waals surface area contributed by atoms with E-state index in [1.54, 1.807) is 0 Å². The first kappa shape index (κ1) is 13.0. The van der Waals surface area contributed by atoms with Crippen LogP contribution in [0.1, 0.15) is 5.56 Å². The Bertz CT molecular complexity index is 200. The van der Waals surface area contributed by atoms with Crippen LogP contribution in [0.15, 0.2) is 30.3 Å². The predicted molar refractivity (Wildman–Crippen MR) is 61.9 cm³/mol. The maximum absolute atomic E-state index is 4.12. The first-order valence-electron chi connectivity index (χ1n) is 2.93. The van der Waals surface area contributed by atoms with Gasteiger partial charge in [-0.25, -0.2) is 0 Å². The van der Waals surface area contributed by atoms with Crippen molar-refractivity contribution in [2.45, 2.75) is 0 Å². The van der Waals surface area contributed by atoms with Crippen LogP contribution in [-0.4, -0.2) is 0 Å². The van der Waals surface area contributed by atoms with E-state index in [1.165, 1.54) is 27.2 Å². The van der Waals surface area contributed by atoms with Gasteiger partial charge in [-0.2, -0.15) is 17.7 Å². The molecule has 0 heterocycles. The molecule has 1 aromatic rings. The molecule has 70 valence electrons. The molecule has 1 rings (SSSR count). The summed E-state index contributed by atoms with van der Waals surface area (Å²) in [5.41, 5.74) is 1.17. The zero-order valence-electron chi connectivity index (χ0n) is 5.91. The molecule has 0 aliphatic heterocycles. The predicted octanol–water partition coefficient (Wildman–Crippen LogP) is 3.68. The van der Waals surface area contributed by atoms with Gasteiger partial charge in [0.2, 0.25) is 0 Å². The molecule has 12 heavy (non-hydrogen) atoms. The Balaban J connectivity index is 0.00000121. The molecular weight excluding hydrogens is 271 g/mol. The minimum Gasteiger partial charge on any atom is -0.167 e. The van der Waals surface area contributed by atoms with Crippen molar-refractivity contribution in [3.05, 3.63) is 40.5 Å². The first-order valence-corrected chi connectivity index (χ1v) is 6.67. The Morgan fingerprint density at radius 1 is 1.00 bits per heavy atom. The minimum atomic E-state index is 0. The smallest absolute Gasteiger partial charge is 0 e. The van der Waals surface area contributed by atoms with Gasteiger partial charge in [0.05, 0.1) is 0 Å². The average molecular weight is 278 g/mol. The average Bonchev–Trinajstić information content (AvgIpc) is 2.09. The summed E-state index contributed by atoms with van der Waals surface area (Å²) in [6.07, 6.45) is 0. The van der Waals surface area contributed by atoms with Gasteiger partial charge in [0, 0.05) is 16.5 Å². The van der Waals surface area contributed by atoms with Crippen LogP contribution < -0.4 is 0 Å². The van der Waals surface area contributed by atoms with Gasteiger partial charge < -0.3 is 0 Å². The van der Waals surface area contributed by atoms with E-state index >= 15 is 0 Å². The van der Waals surface area contributed by atoms with Gasteiger partial charge in [0.25, 0.3) is 0 Å². The molecule has 0 saturated heterocycles. The minimum absolute atomic E-state index is 0. The van der Waals surface area contributed by atoms with Gasteiger partial charge in [-0.1, -0.05) is 6.07 Å². The van der Waals surface area contributed by atoms with Crippen LogP contribution in [0.3, 0.4) is 0 Å². The van der Waals surface area contributed by atoms with Crippen molar-refractivity contribution in [3.63, 3.8) is 0 Å². The fraction of sp³-hybridized carbons (Fsp3) is 0. The summed E-state index contributed by atoms with van der Waals surface area (Å²) in [7, 11) is 2.84. The van der Waals surface area contributed by atoms with Crippen LogP contribution in [0.25, 0.3) is 0 Å². The van der Waals surface area contributed by atoms with E-state index in [0.29, 0.717) is 0 Å². The molecule has 0 atom stereocenters. The molecule has 0 aliphatic rings. The van der Waals surface area contributed by atoms with E-state index in [9.17, 15) is 0 Å². The third-order valence-corrected chi connectivity index (χ3v) is 4.31. The largest absolute Gasteiger partial charge is 0.167 e. The molecule has 0 bridgehead atoms. The third-order valence-electron chi connectivity index (χ3n) is 1.18. The monoisotopic (exact) mass is 277 g/mol. The first-order chi connectivity index (χ1) is 5.38. The van der Waals surface area contributed by atoms with E-state index in [4.69, 9.17) is 0 Å². The summed E-state index contributed by atoms with van der Waals surface area (Å²) in [5, 5.41) is 0. The number of benzene rings is 1. The van der Waals surface area contributed by atoms with Gasteiger partial charge >= 0.3 is 0 Å². The molecule has 0 aromatic heterocycles. The van der Waals surface area contributed by atoms with Crippen LogP contribution in [0.2, 0.25) is 0 Å². The standard InChI is InChI=1S/C7H7S4.Ni/c8-10-7(11-9)6-4-2-1-3-5-6;/h1-5,8-9H;/q-1;. The second-order valence-corrected chi connectivity index (χ2v) is 4.37. The van der Waals surface area contributed by atoms with Crippen LogP contribution in [-0.2, 0) is 16.5 Å². The van der Waals surface area contributed by atoms with Crippen LogP contribution in [0.4, 0.5) is 0 Å². The normalized spacial score (nSPS) is 8.83. The summed E-state index contributed by atoms with van der Waals surface area (Å²) in [6, 6.07) is 10.1. The molecule has 0 unspecified atom stereocenters. The van der Waals surface area contributed by atoms with Crippen molar-refractivity contribution in [2.75, 3.05) is 0 Å². The third kappa shape index (κ3) is 3.80. The summed E-state index contributed by atoms with van der Waals surface area (Å²) in [5.74, 6) is 0. The van der Waals surface area contributed by atoms with E-state index in [-0.39, 0.29) is 16.5 Å². The van der Waals surface area contributed by atoms with Crippen molar-refractivity contribution in [1.82, 2.24) is 0 Å². The van der Waals surface area contributed by atoms with Gasteiger partial charge in [-0.15, -0.1) is 57.0 Å². The van der Waals surface area contributed by atoms with Crippen molar-refractivity contribution >= 4 is 44.9 Å². The van der Waals surface area contributed by atoms with Crippen LogP contribution >= 0.6 is 44.9 Å². The van der Waals surface area contributed by atoms with Crippen molar-refractivity contribution in [2.24, 2.45) is 0 Å². The topological polar surface area (TPSA) is 0 Å². The molecule has 0 nitrogen and oxygen atoms in total. The van der Waals surface area contributed by atoms with Crippen molar-refractivity contribution < 1.29 is 16.5 Å². The van der Waals surface area contributed by atoms with Crippen LogP contribution in [0.5, 0.6) is 0 Å². The molecule has 0 N–H and O–H groups in total. The summed E-state index contributed by atoms with van der Waals surface area (Å²) in [4.78, 5) is 0.